The number of rotatable bonds is 4. The number of carbonyl (C=O) groups is 1. The summed E-state index contributed by atoms with van der Waals surface area (Å²) in [4.78, 5) is 13.8. The molecule has 1 aliphatic rings. The van der Waals surface area contributed by atoms with E-state index >= 15 is 0 Å². The maximum absolute atomic E-state index is 12.0. The van der Waals surface area contributed by atoms with Crippen LogP contribution in [0.25, 0.3) is 0 Å². The lowest BCUT2D eigenvalue weighted by Gasteiger charge is -2.27. The predicted molar refractivity (Wildman–Crippen MR) is 65.9 cm³/mol. The molecular weight excluding hydrogens is 208 g/mol. The van der Waals surface area contributed by atoms with E-state index in [1.54, 1.807) is 0 Å². The molecule has 1 unspecified atom stereocenters. The van der Waals surface area contributed by atoms with Crippen LogP contribution in [0, 0.1) is 5.92 Å². The smallest absolute Gasteiger partial charge is 0.239 e. The van der Waals surface area contributed by atoms with Crippen LogP contribution in [0.4, 0.5) is 0 Å². The highest BCUT2D eigenvalue weighted by Crippen LogP contribution is 2.22. The first kappa shape index (κ1) is 12.8. The molecule has 0 aromatic rings. The molecular formula is C11H22N2OS. The zero-order chi connectivity index (χ0) is 11.4. The lowest BCUT2D eigenvalue weighted by Crippen LogP contribution is -2.47. The largest absolute Gasteiger partial charge is 0.341 e. The van der Waals surface area contributed by atoms with Gasteiger partial charge in [0.2, 0.25) is 5.91 Å². The van der Waals surface area contributed by atoms with Crippen LogP contribution in [0.2, 0.25) is 0 Å². The van der Waals surface area contributed by atoms with Gasteiger partial charge in [0, 0.05) is 18.8 Å². The Morgan fingerprint density at radius 2 is 2.27 bits per heavy atom. The van der Waals surface area contributed by atoms with Crippen LogP contribution in [0.1, 0.15) is 26.7 Å². The molecule has 3 nitrogen and oxygen atoms in total. The highest BCUT2D eigenvalue weighted by atomic mass is 32.2. The zero-order valence-electron chi connectivity index (χ0n) is 9.90. The Balaban J connectivity index is 2.43. The van der Waals surface area contributed by atoms with E-state index < -0.39 is 0 Å². The number of thioether (sulfide) groups is 1. The summed E-state index contributed by atoms with van der Waals surface area (Å²) in [6.45, 7) is 4.19. The van der Waals surface area contributed by atoms with E-state index in [-0.39, 0.29) is 11.9 Å². The van der Waals surface area contributed by atoms with E-state index in [4.69, 9.17) is 5.73 Å². The predicted octanol–water partition coefficient (Wildman–Crippen LogP) is 1.32. The molecule has 1 saturated heterocycles. The van der Waals surface area contributed by atoms with Crippen molar-refractivity contribution in [2.45, 2.75) is 38.8 Å². The lowest BCUT2D eigenvalue weighted by molar-refractivity contribution is -0.133. The number of hydrogen-bond donors (Lipinski definition) is 1. The minimum absolute atomic E-state index is 0.108. The molecule has 0 aliphatic carbocycles. The first-order valence-electron chi connectivity index (χ1n) is 5.62. The second-order valence-electron chi connectivity index (χ2n) is 4.70. The van der Waals surface area contributed by atoms with Crippen molar-refractivity contribution in [3.05, 3.63) is 0 Å². The summed E-state index contributed by atoms with van der Waals surface area (Å²) in [5.74, 6) is 2.82. The molecule has 0 aromatic carbocycles. The van der Waals surface area contributed by atoms with Crippen LogP contribution in [-0.2, 0) is 4.79 Å². The number of amides is 1. The van der Waals surface area contributed by atoms with Gasteiger partial charge in [0.05, 0.1) is 6.04 Å². The van der Waals surface area contributed by atoms with Gasteiger partial charge >= 0.3 is 0 Å². The van der Waals surface area contributed by atoms with Crippen molar-refractivity contribution in [3.8, 4) is 0 Å². The number of carbonyl (C=O) groups excluding carboxylic acids is 1. The van der Waals surface area contributed by atoms with Gasteiger partial charge in [-0.3, -0.25) is 4.79 Å². The molecule has 4 heteroatoms. The average Bonchev–Trinajstić information content (AvgIpc) is 2.67. The molecule has 1 heterocycles. The minimum atomic E-state index is -0.319. The van der Waals surface area contributed by atoms with Crippen LogP contribution in [0.3, 0.4) is 0 Å². The van der Waals surface area contributed by atoms with Gasteiger partial charge in [-0.25, -0.2) is 0 Å². The molecule has 1 amide bonds. The molecule has 2 atom stereocenters. The van der Waals surface area contributed by atoms with Crippen molar-refractivity contribution in [1.82, 2.24) is 4.90 Å². The van der Waals surface area contributed by atoms with Gasteiger partial charge in [0.25, 0.3) is 0 Å². The fraction of sp³-hybridized carbons (Fsp3) is 0.909. The SMILES string of the molecule is CC(C)C[C@H](N)C(=O)N(C)C1CCSC1. The van der Waals surface area contributed by atoms with Crippen molar-refractivity contribution >= 4 is 17.7 Å². The third-order valence-corrected chi connectivity index (χ3v) is 3.99. The maximum atomic E-state index is 12.0. The summed E-state index contributed by atoms with van der Waals surface area (Å²) < 4.78 is 0. The van der Waals surface area contributed by atoms with Crippen molar-refractivity contribution in [1.29, 1.82) is 0 Å². The van der Waals surface area contributed by atoms with E-state index in [1.807, 2.05) is 23.7 Å². The molecule has 0 spiro atoms. The molecule has 15 heavy (non-hydrogen) atoms. The summed E-state index contributed by atoms with van der Waals surface area (Å²) in [5.41, 5.74) is 5.89. The molecule has 1 fully saturated rings. The van der Waals surface area contributed by atoms with Crippen LogP contribution < -0.4 is 5.73 Å². The van der Waals surface area contributed by atoms with Gasteiger partial charge in [-0.1, -0.05) is 13.8 Å². The monoisotopic (exact) mass is 230 g/mol. The van der Waals surface area contributed by atoms with E-state index in [1.165, 1.54) is 5.75 Å². The van der Waals surface area contributed by atoms with Crippen LogP contribution >= 0.6 is 11.8 Å². The van der Waals surface area contributed by atoms with Crippen LogP contribution in [0.15, 0.2) is 0 Å². The summed E-state index contributed by atoms with van der Waals surface area (Å²) in [6.07, 6.45) is 1.89. The first-order chi connectivity index (χ1) is 7.02. The minimum Gasteiger partial charge on any atom is -0.341 e. The van der Waals surface area contributed by atoms with Gasteiger partial charge < -0.3 is 10.6 Å². The number of likely N-dealkylation sites (N-methyl/N-ethyl adjacent to an activating group) is 1. The third-order valence-electron chi connectivity index (χ3n) is 2.84. The Hall–Kier alpha value is -0.220. The standard InChI is InChI=1S/C11H22N2OS/c1-8(2)6-10(12)11(14)13(3)9-4-5-15-7-9/h8-10H,4-7,12H2,1-3H3/t9?,10-/m0/s1. The third kappa shape index (κ3) is 3.68. The van der Waals surface area contributed by atoms with E-state index in [2.05, 4.69) is 13.8 Å². The average molecular weight is 230 g/mol. The topological polar surface area (TPSA) is 46.3 Å². The van der Waals surface area contributed by atoms with Crippen molar-refractivity contribution in [2.24, 2.45) is 11.7 Å². The Bertz CT molecular complexity index is 215. The second-order valence-corrected chi connectivity index (χ2v) is 5.85. The van der Waals surface area contributed by atoms with Crippen molar-refractivity contribution < 1.29 is 4.79 Å². The zero-order valence-corrected chi connectivity index (χ0v) is 10.7. The van der Waals surface area contributed by atoms with Crippen molar-refractivity contribution in [3.63, 3.8) is 0 Å². The number of nitrogens with zero attached hydrogens (tertiary/aromatic N) is 1. The summed E-state index contributed by atoms with van der Waals surface area (Å²) in [5, 5.41) is 0. The van der Waals surface area contributed by atoms with Gasteiger partial charge in [0.15, 0.2) is 0 Å². The fourth-order valence-electron chi connectivity index (χ4n) is 1.88. The van der Waals surface area contributed by atoms with Gasteiger partial charge in [-0.15, -0.1) is 0 Å². The van der Waals surface area contributed by atoms with Gasteiger partial charge in [-0.2, -0.15) is 11.8 Å². The lowest BCUT2D eigenvalue weighted by atomic mass is 10.0. The van der Waals surface area contributed by atoms with Crippen LogP contribution in [-0.4, -0.2) is 41.4 Å². The quantitative estimate of drug-likeness (QED) is 0.792. The van der Waals surface area contributed by atoms with Gasteiger partial charge in [-0.05, 0) is 24.5 Å². The maximum Gasteiger partial charge on any atom is 0.239 e. The highest BCUT2D eigenvalue weighted by Gasteiger charge is 2.27. The number of nitrogens with two attached hydrogens (primary N) is 1. The highest BCUT2D eigenvalue weighted by molar-refractivity contribution is 7.99. The molecule has 0 aromatic heterocycles. The summed E-state index contributed by atoms with van der Waals surface area (Å²) in [7, 11) is 1.89. The molecule has 0 radical (unpaired) electrons. The molecule has 1 rings (SSSR count). The molecule has 88 valence electrons. The Labute approximate surface area is 96.8 Å². The first-order valence-corrected chi connectivity index (χ1v) is 6.77. The van der Waals surface area contributed by atoms with E-state index in [0.717, 1.165) is 18.6 Å². The molecule has 0 bridgehead atoms. The Morgan fingerprint density at radius 1 is 1.60 bits per heavy atom. The van der Waals surface area contributed by atoms with E-state index in [0.29, 0.717) is 12.0 Å². The van der Waals surface area contributed by atoms with Crippen LogP contribution in [0.5, 0.6) is 0 Å². The molecule has 2 N–H and O–H groups in total. The second kappa shape index (κ2) is 5.75. The van der Waals surface area contributed by atoms with Crippen molar-refractivity contribution in [2.75, 3.05) is 18.6 Å². The normalized spacial score (nSPS) is 23.1. The summed E-state index contributed by atoms with van der Waals surface area (Å²) >= 11 is 1.92. The van der Waals surface area contributed by atoms with E-state index in [9.17, 15) is 4.79 Å². The van der Waals surface area contributed by atoms with Gasteiger partial charge in [0.1, 0.15) is 0 Å². The number of hydrogen-bond acceptors (Lipinski definition) is 3. The Kier molecular flexibility index (Phi) is 4.93. The molecule has 1 aliphatic heterocycles. The molecule has 0 saturated carbocycles. The Morgan fingerprint density at radius 3 is 2.73 bits per heavy atom. The summed E-state index contributed by atoms with van der Waals surface area (Å²) in [6, 6.07) is 0.0845. The fourth-order valence-corrected chi connectivity index (χ4v) is 3.15.